The van der Waals surface area contributed by atoms with E-state index >= 15 is 0 Å². The molecule has 2 amide bonds. The molecule has 2 saturated heterocycles. The number of pyridine rings is 1. The van der Waals surface area contributed by atoms with E-state index in [4.69, 9.17) is 20.2 Å². The van der Waals surface area contributed by atoms with Gasteiger partial charge >= 0.3 is 0 Å². The molecular weight excluding hydrogens is 500 g/mol. The number of hydrogen-bond acceptors (Lipinski definition) is 10. The van der Waals surface area contributed by atoms with Crippen molar-refractivity contribution >= 4 is 29.1 Å². The van der Waals surface area contributed by atoms with Gasteiger partial charge in [0.1, 0.15) is 17.8 Å². The number of anilines is 3. The Balaban J connectivity index is 1.40. The van der Waals surface area contributed by atoms with Gasteiger partial charge in [0.2, 0.25) is 0 Å². The lowest BCUT2D eigenvalue weighted by Crippen LogP contribution is -2.49. The van der Waals surface area contributed by atoms with E-state index in [0.717, 1.165) is 25.9 Å². The summed E-state index contributed by atoms with van der Waals surface area (Å²) in [6.45, 7) is 3.02. The molecule has 0 radical (unpaired) electrons. The van der Waals surface area contributed by atoms with Crippen molar-refractivity contribution in [3.63, 3.8) is 0 Å². The minimum absolute atomic E-state index is 0.0399. The molecule has 2 aromatic heterocycles. The Kier molecular flexibility index (Phi) is 8.13. The van der Waals surface area contributed by atoms with Crippen LogP contribution in [0.3, 0.4) is 0 Å². The van der Waals surface area contributed by atoms with Crippen molar-refractivity contribution in [2.45, 2.75) is 25.1 Å². The van der Waals surface area contributed by atoms with Crippen LogP contribution in [-0.2, 0) is 4.74 Å². The number of carbonyl (C=O) groups excluding carboxylic acids is 2. The highest BCUT2D eigenvalue weighted by Gasteiger charge is 2.31. The summed E-state index contributed by atoms with van der Waals surface area (Å²) in [7, 11) is 1.59. The third kappa shape index (κ3) is 6.07. The fourth-order valence-corrected chi connectivity index (χ4v) is 4.82. The number of methoxy groups -OCH3 is 1. The van der Waals surface area contributed by atoms with E-state index in [1.165, 1.54) is 0 Å². The first kappa shape index (κ1) is 26.3. The van der Waals surface area contributed by atoms with Crippen LogP contribution in [0, 0.1) is 0 Å². The summed E-state index contributed by atoms with van der Waals surface area (Å²) in [5, 5.41) is 6.44. The predicted molar refractivity (Wildman–Crippen MR) is 145 cm³/mol. The molecule has 0 unspecified atom stereocenters. The first-order chi connectivity index (χ1) is 19.0. The van der Waals surface area contributed by atoms with Crippen LogP contribution in [0.25, 0.3) is 0 Å². The second-order valence-corrected chi connectivity index (χ2v) is 9.36. The standard InChI is InChI=1S/C27H32N8O4/c1-38-21-8-6-18(7-9-21)27(37)32-19-4-3-12-34(17-19)22-15-31-24(25(28)36)26(33-22)35(20-5-2-10-29-14-20)23-16-30-11-13-39-23/h2,5-10,14-15,19,23,30H,3-4,11-13,16-17H2,1H3,(H2,28,36)(H,32,37)/t19-,23-/m1/s1. The van der Waals surface area contributed by atoms with Gasteiger partial charge in [-0.05, 0) is 49.2 Å². The number of benzene rings is 1. The van der Waals surface area contributed by atoms with Crippen LogP contribution in [0.4, 0.5) is 17.3 Å². The SMILES string of the molecule is COc1ccc(C(=O)N[C@@H]2CCCN(c3cnc(C(N)=O)c(N(c4cccnc4)[C@H]4CNCCO4)n3)C2)cc1. The Hall–Kier alpha value is -4.29. The summed E-state index contributed by atoms with van der Waals surface area (Å²) in [5.41, 5.74) is 7.03. The van der Waals surface area contributed by atoms with E-state index in [-0.39, 0.29) is 17.6 Å². The molecule has 0 aliphatic carbocycles. The van der Waals surface area contributed by atoms with E-state index in [0.29, 0.717) is 48.3 Å². The molecule has 4 N–H and O–H groups in total. The molecule has 39 heavy (non-hydrogen) atoms. The molecule has 204 valence electrons. The Morgan fingerprint density at radius 2 is 2.08 bits per heavy atom. The van der Waals surface area contributed by atoms with Gasteiger partial charge in [0, 0.05) is 44.0 Å². The number of ether oxygens (including phenoxy) is 2. The molecule has 2 fully saturated rings. The van der Waals surface area contributed by atoms with E-state index < -0.39 is 12.1 Å². The van der Waals surface area contributed by atoms with Crippen LogP contribution in [0.15, 0.2) is 55.0 Å². The molecule has 2 atom stereocenters. The third-order valence-corrected chi connectivity index (χ3v) is 6.76. The number of primary amides is 1. The number of piperidine rings is 1. The van der Waals surface area contributed by atoms with Gasteiger partial charge in [0.15, 0.2) is 11.5 Å². The molecule has 2 aliphatic rings. The molecule has 1 aromatic carbocycles. The maximum absolute atomic E-state index is 12.9. The first-order valence-electron chi connectivity index (χ1n) is 12.9. The monoisotopic (exact) mass is 532 g/mol. The summed E-state index contributed by atoms with van der Waals surface area (Å²) in [5.74, 6) is 0.732. The smallest absolute Gasteiger partial charge is 0.271 e. The molecule has 0 bridgehead atoms. The normalized spacial score (nSPS) is 19.3. The number of rotatable bonds is 8. The third-order valence-electron chi connectivity index (χ3n) is 6.76. The summed E-state index contributed by atoms with van der Waals surface area (Å²) >= 11 is 0. The number of nitrogens with one attached hydrogen (secondary N) is 2. The summed E-state index contributed by atoms with van der Waals surface area (Å²) < 4.78 is 11.2. The second kappa shape index (κ2) is 12.0. The number of aromatic nitrogens is 3. The fraction of sp³-hybridized carbons (Fsp3) is 0.370. The summed E-state index contributed by atoms with van der Waals surface area (Å²) in [6, 6.07) is 10.6. The van der Waals surface area contributed by atoms with Crippen LogP contribution in [0.5, 0.6) is 5.75 Å². The van der Waals surface area contributed by atoms with Crippen LogP contribution in [0.1, 0.15) is 33.7 Å². The Morgan fingerprint density at radius 1 is 1.23 bits per heavy atom. The van der Waals surface area contributed by atoms with Gasteiger partial charge in [-0.2, -0.15) is 0 Å². The lowest BCUT2D eigenvalue weighted by atomic mass is 10.0. The van der Waals surface area contributed by atoms with Gasteiger partial charge < -0.3 is 30.7 Å². The van der Waals surface area contributed by atoms with Gasteiger partial charge in [0.05, 0.1) is 31.8 Å². The zero-order valence-corrected chi connectivity index (χ0v) is 21.7. The minimum Gasteiger partial charge on any atom is -0.497 e. The van der Waals surface area contributed by atoms with Crippen molar-refractivity contribution in [2.75, 3.05) is 49.7 Å². The van der Waals surface area contributed by atoms with Crippen molar-refractivity contribution < 1.29 is 19.1 Å². The van der Waals surface area contributed by atoms with Gasteiger partial charge in [0.25, 0.3) is 11.8 Å². The van der Waals surface area contributed by atoms with Crippen molar-refractivity contribution in [3.8, 4) is 5.75 Å². The van der Waals surface area contributed by atoms with Crippen molar-refractivity contribution in [2.24, 2.45) is 5.73 Å². The largest absolute Gasteiger partial charge is 0.497 e. The highest BCUT2D eigenvalue weighted by atomic mass is 16.5. The number of amides is 2. The molecule has 12 nitrogen and oxygen atoms in total. The Bertz CT molecular complexity index is 1280. The van der Waals surface area contributed by atoms with Gasteiger partial charge in [-0.1, -0.05) is 0 Å². The number of nitrogens with two attached hydrogens (primary N) is 1. The van der Waals surface area contributed by atoms with Crippen molar-refractivity contribution in [1.29, 1.82) is 0 Å². The van der Waals surface area contributed by atoms with Gasteiger partial charge in [-0.25, -0.2) is 9.97 Å². The lowest BCUT2D eigenvalue weighted by Gasteiger charge is -2.37. The molecule has 2 aliphatic heterocycles. The molecule has 12 heteroatoms. The van der Waals surface area contributed by atoms with Crippen molar-refractivity contribution in [3.05, 3.63) is 66.2 Å². The topological polar surface area (TPSA) is 148 Å². The predicted octanol–water partition coefficient (Wildman–Crippen LogP) is 1.46. The minimum atomic E-state index is -0.690. The average molecular weight is 533 g/mol. The second-order valence-electron chi connectivity index (χ2n) is 9.36. The molecule has 4 heterocycles. The molecule has 0 saturated carbocycles. The zero-order valence-electron chi connectivity index (χ0n) is 21.7. The maximum Gasteiger partial charge on any atom is 0.271 e. The Labute approximate surface area is 226 Å². The Morgan fingerprint density at radius 3 is 2.77 bits per heavy atom. The highest BCUT2D eigenvalue weighted by Crippen LogP contribution is 2.31. The maximum atomic E-state index is 12.9. The first-order valence-corrected chi connectivity index (χ1v) is 12.9. The number of carbonyl (C=O) groups is 2. The van der Waals surface area contributed by atoms with E-state index in [1.807, 2.05) is 11.0 Å². The van der Waals surface area contributed by atoms with Crippen molar-refractivity contribution in [1.82, 2.24) is 25.6 Å². The number of hydrogen-bond donors (Lipinski definition) is 3. The van der Waals surface area contributed by atoms with Gasteiger partial charge in [-0.15, -0.1) is 0 Å². The molecular formula is C27H32N8O4. The highest BCUT2D eigenvalue weighted by molar-refractivity contribution is 5.97. The van der Waals surface area contributed by atoms with Crippen LogP contribution >= 0.6 is 0 Å². The number of nitrogens with zero attached hydrogens (tertiary/aromatic N) is 5. The van der Waals surface area contributed by atoms with E-state index in [1.54, 1.807) is 56.0 Å². The molecule has 5 rings (SSSR count). The average Bonchev–Trinajstić information content (AvgIpc) is 2.98. The number of morpholine rings is 1. The fourth-order valence-electron chi connectivity index (χ4n) is 4.82. The summed E-state index contributed by atoms with van der Waals surface area (Å²) in [4.78, 5) is 42.7. The summed E-state index contributed by atoms with van der Waals surface area (Å²) in [6.07, 6.45) is 6.16. The van der Waals surface area contributed by atoms with Crippen LogP contribution in [0.2, 0.25) is 0 Å². The van der Waals surface area contributed by atoms with E-state index in [9.17, 15) is 9.59 Å². The lowest BCUT2D eigenvalue weighted by molar-refractivity contribution is 0.0327. The molecule has 3 aromatic rings. The van der Waals surface area contributed by atoms with Crippen LogP contribution < -0.4 is 30.9 Å². The zero-order chi connectivity index (χ0) is 27.2. The quantitative estimate of drug-likeness (QED) is 0.389. The van der Waals surface area contributed by atoms with E-state index in [2.05, 4.69) is 25.5 Å². The van der Waals surface area contributed by atoms with Crippen LogP contribution in [-0.4, -0.2) is 78.9 Å². The molecule has 0 spiro atoms. The van der Waals surface area contributed by atoms with Gasteiger partial charge in [-0.3, -0.25) is 19.5 Å².